The number of ether oxygens (including phenoxy) is 1. The Morgan fingerprint density at radius 1 is 1.36 bits per heavy atom. The smallest absolute Gasteiger partial charge is 0.257 e. The van der Waals surface area contributed by atoms with Crippen molar-refractivity contribution in [2.24, 2.45) is 0 Å². The second-order valence-electron chi connectivity index (χ2n) is 5.16. The van der Waals surface area contributed by atoms with E-state index in [0.29, 0.717) is 40.0 Å². The van der Waals surface area contributed by atoms with Crippen molar-refractivity contribution in [3.63, 3.8) is 0 Å². The van der Waals surface area contributed by atoms with Crippen molar-refractivity contribution in [2.45, 2.75) is 6.92 Å². The van der Waals surface area contributed by atoms with Crippen LogP contribution in [-0.2, 0) is 0 Å². The molecular weight excluding hydrogens is 320 g/mol. The van der Waals surface area contributed by atoms with Gasteiger partial charge in [0.15, 0.2) is 0 Å². The predicted molar refractivity (Wildman–Crippen MR) is 93.3 cm³/mol. The molecule has 3 aromatic rings. The number of benzene rings is 1. The second-order valence-corrected chi connectivity index (χ2v) is 5.16. The zero-order valence-electron chi connectivity index (χ0n) is 13.8. The van der Waals surface area contributed by atoms with Crippen molar-refractivity contribution < 1.29 is 14.1 Å². The van der Waals surface area contributed by atoms with E-state index in [1.54, 1.807) is 31.2 Å². The number of nitrogens with one attached hydrogen (secondary N) is 1. The molecular formula is C18H16N4O3. The Morgan fingerprint density at radius 2 is 2.16 bits per heavy atom. The molecule has 0 aliphatic rings. The van der Waals surface area contributed by atoms with Gasteiger partial charge in [-0.05, 0) is 18.2 Å². The van der Waals surface area contributed by atoms with E-state index in [9.17, 15) is 4.79 Å². The van der Waals surface area contributed by atoms with E-state index < -0.39 is 0 Å². The lowest BCUT2D eigenvalue weighted by Gasteiger charge is -2.10. The number of carbonyl (C=O) groups excluding carboxylic acids is 1. The SMILES string of the molecule is C=Cc1cc(C(=O)Nc2ccccc2-c2noc(C)n2)cnc1OC. The summed E-state index contributed by atoms with van der Waals surface area (Å²) in [4.78, 5) is 20.9. The van der Waals surface area contributed by atoms with E-state index in [4.69, 9.17) is 9.26 Å². The highest BCUT2D eigenvalue weighted by molar-refractivity contribution is 6.06. The molecule has 0 aliphatic carbocycles. The van der Waals surface area contributed by atoms with Crippen LogP contribution in [0.2, 0.25) is 0 Å². The summed E-state index contributed by atoms with van der Waals surface area (Å²) in [7, 11) is 1.51. The van der Waals surface area contributed by atoms with Crippen LogP contribution in [0.3, 0.4) is 0 Å². The van der Waals surface area contributed by atoms with Crippen LogP contribution >= 0.6 is 0 Å². The average Bonchev–Trinajstić information content (AvgIpc) is 3.07. The highest BCUT2D eigenvalue weighted by Gasteiger charge is 2.15. The maximum atomic E-state index is 12.6. The van der Waals surface area contributed by atoms with Crippen LogP contribution < -0.4 is 10.1 Å². The molecule has 1 amide bonds. The number of anilines is 1. The fourth-order valence-electron chi connectivity index (χ4n) is 2.30. The van der Waals surface area contributed by atoms with Gasteiger partial charge >= 0.3 is 0 Å². The highest BCUT2D eigenvalue weighted by atomic mass is 16.5. The van der Waals surface area contributed by atoms with Gasteiger partial charge in [-0.3, -0.25) is 4.79 Å². The summed E-state index contributed by atoms with van der Waals surface area (Å²) in [6.07, 6.45) is 3.03. The lowest BCUT2D eigenvalue weighted by molar-refractivity contribution is 0.102. The van der Waals surface area contributed by atoms with Crippen LogP contribution in [0.15, 0.2) is 47.6 Å². The van der Waals surface area contributed by atoms with Crippen LogP contribution in [-0.4, -0.2) is 28.1 Å². The Morgan fingerprint density at radius 3 is 2.84 bits per heavy atom. The van der Waals surface area contributed by atoms with Crippen LogP contribution in [0.25, 0.3) is 17.5 Å². The normalized spacial score (nSPS) is 10.3. The molecule has 0 fully saturated rings. The summed E-state index contributed by atoms with van der Waals surface area (Å²) >= 11 is 0. The molecule has 0 spiro atoms. The number of para-hydroxylation sites is 1. The van der Waals surface area contributed by atoms with Crippen molar-refractivity contribution in [1.82, 2.24) is 15.1 Å². The molecule has 0 unspecified atom stereocenters. The second kappa shape index (κ2) is 6.96. The molecule has 126 valence electrons. The third kappa shape index (κ3) is 3.40. The van der Waals surface area contributed by atoms with Gasteiger partial charge in [0, 0.05) is 24.2 Å². The first-order valence-corrected chi connectivity index (χ1v) is 7.50. The highest BCUT2D eigenvalue weighted by Crippen LogP contribution is 2.26. The van der Waals surface area contributed by atoms with Gasteiger partial charge in [0.25, 0.3) is 5.91 Å². The summed E-state index contributed by atoms with van der Waals surface area (Å²) in [6, 6.07) is 8.88. The molecule has 25 heavy (non-hydrogen) atoms. The molecule has 0 radical (unpaired) electrons. The quantitative estimate of drug-likeness (QED) is 0.768. The number of nitrogens with zero attached hydrogens (tertiary/aromatic N) is 3. The number of hydrogen-bond acceptors (Lipinski definition) is 6. The van der Waals surface area contributed by atoms with Gasteiger partial charge in [-0.1, -0.05) is 29.9 Å². The number of amides is 1. The van der Waals surface area contributed by atoms with E-state index in [2.05, 4.69) is 27.0 Å². The first-order valence-electron chi connectivity index (χ1n) is 7.50. The van der Waals surface area contributed by atoms with E-state index >= 15 is 0 Å². The molecule has 1 N–H and O–H groups in total. The third-order valence-corrected chi connectivity index (χ3v) is 3.50. The molecule has 0 saturated heterocycles. The monoisotopic (exact) mass is 336 g/mol. The average molecular weight is 336 g/mol. The summed E-state index contributed by atoms with van der Waals surface area (Å²) in [6.45, 7) is 5.41. The molecule has 0 atom stereocenters. The van der Waals surface area contributed by atoms with Gasteiger partial charge in [-0.15, -0.1) is 0 Å². The molecule has 2 aromatic heterocycles. The molecule has 0 aliphatic heterocycles. The lowest BCUT2D eigenvalue weighted by atomic mass is 10.1. The van der Waals surface area contributed by atoms with Gasteiger partial charge in [-0.25, -0.2) is 4.98 Å². The number of aromatic nitrogens is 3. The topological polar surface area (TPSA) is 90.1 Å². The molecule has 0 saturated carbocycles. The Bertz CT molecular complexity index is 934. The molecule has 7 nitrogen and oxygen atoms in total. The Hall–Kier alpha value is -3.48. The van der Waals surface area contributed by atoms with Crippen molar-refractivity contribution in [1.29, 1.82) is 0 Å². The Labute approximate surface area is 144 Å². The van der Waals surface area contributed by atoms with E-state index in [1.807, 2.05) is 12.1 Å². The first kappa shape index (κ1) is 16.4. The van der Waals surface area contributed by atoms with E-state index in [1.165, 1.54) is 13.3 Å². The molecule has 1 aromatic carbocycles. The van der Waals surface area contributed by atoms with Crippen molar-refractivity contribution >= 4 is 17.7 Å². The number of hydrogen-bond donors (Lipinski definition) is 1. The van der Waals surface area contributed by atoms with Crippen LogP contribution in [0.4, 0.5) is 5.69 Å². The van der Waals surface area contributed by atoms with Gasteiger partial charge < -0.3 is 14.6 Å². The zero-order chi connectivity index (χ0) is 17.8. The molecule has 7 heteroatoms. The van der Waals surface area contributed by atoms with Gasteiger partial charge in [0.1, 0.15) is 0 Å². The van der Waals surface area contributed by atoms with E-state index in [-0.39, 0.29) is 5.91 Å². The minimum atomic E-state index is -0.314. The van der Waals surface area contributed by atoms with Crippen molar-refractivity contribution in [3.05, 3.63) is 60.1 Å². The van der Waals surface area contributed by atoms with Crippen LogP contribution in [0, 0.1) is 6.92 Å². The maximum Gasteiger partial charge on any atom is 0.257 e. The van der Waals surface area contributed by atoms with Crippen LogP contribution in [0.5, 0.6) is 5.88 Å². The van der Waals surface area contributed by atoms with Gasteiger partial charge in [0.2, 0.25) is 17.6 Å². The fraction of sp³-hybridized carbons (Fsp3) is 0.111. The van der Waals surface area contributed by atoms with Crippen molar-refractivity contribution in [2.75, 3.05) is 12.4 Å². The number of methoxy groups -OCH3 is 1. The Balaban J connectivity index is 1.90. The maximum absolute atomic E-state index is 12.6. The largest absolute Gasteiger partial charge is 0.481 e. The molecule has 2 heterocycles. The lowest BCUT2D eigenvalue weighted by Crippen LogP contribution is -2.13. The van der Waals surface area contributed by atoms with Gasteiger partial charge in [-0.2, -0.15) is 4.98 Å². The fourth-order valence-corrected chi connectivity index (χ4v) is 2.30. The summed E-state index contributed by atoms with van der Waals surface area (Å²) in [5.74, 6) is 0.958. The summed E-state index contributed by atoms with van der Waals surface area (Å²) in [5.41, 5.74) is 2.26. The number of aryl methyl sites for hydroxylation is 1. The summed E-state index contributed by atoms with van der Waals surface area (Å²) < 4.78 is 10.1. The molecule has 3 rings (SSSR count). The minimum absolute atomic E-state index is 0.314. The van der Waals surface area contributed by atoms with Crippen molar-refractivity contribution in [3.8, 4) is 17.3 Å². The zero-order valence-corrected chi connectivity index (χ0v) is 13.8. The minimum Gasteiger partial charge on any atom is -0.481 e. The number of pyridine rings is 1. The standard InChI is InChI=1S/C18H16N4O3/c1-4-12-9-13(10-19-18(12)24-3)17(23)21-15-8-6-5-7-14(15)16-20-11(2)25-22-16/h4-10H,1H2,2-3H3,(H,21,23). The number of carbonyl (C=O) groups is 1. The summed E-state index contributed by atoms with van der Waals surface area (Å²) in [5, 5.41) is 6.74. The van der Waals surface area contributed by atoms with Gasteiger partial charge in [0.05, 0.1) is 18.4 Å². The molecule has 0 bridgehead atoms. The van der Waals surface area contributed by atoms with E-state index in [0.717, 1.165) is 0 Å². The Kier molecular flexibility index (Phi) is 4.56. The predicted octanol–water partition coefficient (Wildman–Crippen LogP) is 3.34. The third-order valence-electron chi connectivity index (χ3n) is 3.50. The first-order chi connectivity index (χ1) is 12.1. The van der Waals surface area contributed by atoms with Crippen LogP contribution in [0.1, 0.15) is 21.8 Å². The number of rotatable bonds is 5.